The van der Waals surface area contributed by atoms with E-state index in [1.807, 2.05) is 24.2 Å². The largest absolute Gasteiger partial charge is 0.338 e. The number of hydrogen-bond acceptors (Lipinski definition) is 3. The van der Waals surface area contributed by atoms with Gasteiger partial charge in [0.15, 0.2) is 0 Å². The van der Waals surface area contributed by atoms with Crippen molar-refractivity contribution in [2.75, 3.05) is 18.1 Å². The van der Waals surface area contributed by atoms with Crippen LogP contribution in [0.5, 0.6) is 0 Å². The predicted molar refractivity (Wildman–Crippen MR) is 81.2 cm³/mol. The lowest BCUT2D eigenvalue weighted by atomic mass is 10.2. The number of thioether (sulfide) groups is 1. The summed E-state index contributed by atoms with van der Waals surface area (Å²) in [5.41, 5.74) is 0. The molecule has 1 unspecified atom stereocenters. The summed E-state index contributed by atoms with van der Waals surface area (Å²) >= 11 is 2.05. The SMILES string of the molecule is CCCNC(CSCC(C)C)Cc1nccn1C. The molecular formula is C14H27N3S. The number of aromatic nitrogens is 2. The average Bonchev–Trinajstić information content (AvgIpc) is 2.71. The zero-order valence-electron chi connectivity index (χ0n) is 12.1. The fourth-order valence-electron chi connectivity index (χ4n) is 1.80. The van der Waals surface area contributed by atoms with Crippen LogP contribution in [0, 0.1) is 5.92 Å². The first kappa shape index (κ1) is 15.6. The van der Waals surface area contributed by atoms with E-state index in [9.17, 15) is 0 Å². The Labute approximate surface area is 116 Å². The van der Waals surface area contributed by atoms with Gasteiger partial charge in [0.25, 0.3) is 0 Å². The van der Waals surface area contributed by atoms with E-state index in [-0.39, 0.29) is 0 Å². The smallest absolute Gasteiger partial charge is 0.109 e. The normalized spacial score (nSPS) is 13.2. The van der Waals surface area contributed by atoms with Crippen molar-refractivity contribution in [2.45, 2.75) is 39.7 Å². The van der Waals surface area contributed by atoms with Crippen molar-refractivity contribution in [1.82, 2.24) is 14.9 Å². The van der Waals surface area contributed by atoms with Gasteiger partial charge in [0, 0.05) is 37.7 Å². The molecule has 3 nitrogen and oxygen atoms in total. The van der Waals surface area contributed by atoms with Crippen LogP contribution in [0.1, 0.15) is 33.0 Å². The molecule has 0 aromatic carbocycles. The van der Waals surface area contributed by atoms with Crippen molar-refractivity contribution in [3.63, 3.8) is 0 Å². The first-order valence-electron chi connectivity index (χ1n) is 6.90. The quantitative estimate of drug-likeness (QED) is 0.747. The van der Waals surface area contributed by atoms with Gasteiger partial charge in [0.2, 0.25) is 0 Å². The zero-order valence-corrected chi connectivity index (χ0v) is 13.0. The molecule has 0 saturated carbocycles. The highest BCUT2D eigenvalue weighted by molar-refractivity contribution is 7.99. The maximum absolute atomic E-state index is 4.42. The molecule has 0 amide bonds. The highest BCUT2D eigenvalue weighted by Crippen LogP contribution is 2.11. The number of nitrogens with zero attached hydrogens (tertiary/aromatic N) is 2. The van der Waals surface area contributed by atoms with Crippen molar-refractivity contribution in [3.05, 3.63) is 18.2 Å². The lowest BCUT2D eigenvalue weighted by molar-refractivity contribution is 0.531. The van der Waals surface area contributed by atoms with Crippen LogP contribution in [0.3, 0.4) is 0 Å². The van der Waals surface area contributed by atoms with Crippen molar-refractivity contribution in [3.8, 4) is 0 Å². The summed E-state index contributed by atoms with van der Waals surface area (Å²) in [7, 11) is 2.07. The van der Waals surface area contributed by atoms with Gasteiger partial charge < -0.3 is 9.88 Å². The first-order chi connectivity index (χ1) is 8.63. The second-order valence-electron chi connectivity index (χ2n) is 5.24. The van der Waals surface area contributed by atoms with Crippen LogP contribution in [0.2, 0.25) is 0 Å². The third kappa shape index (κ3) is 5.91. The van der Waals surface area contributed by atoms with Crippen molar-refractivity contribution < 1.29 is 0 Å². The summed E-state index contributed by atoms with van der Waals surface area (Å²) in [6.45, 7) is 7.86. The van der Waals surface area contributed by atoms with Crippen LogP contribution < -0.4 is 5.32 Å². The van der Waals surface area contributed by atoms with Gasteiger partial charge in [-0.2, -0.15) is 11.8 Å². The van der Waals surface area contributed by atoms with Crippen LogP contribution in [0.15, 0.2) is 12.4 Å². The standard InChI is InChI=1S/C14H27N3S/c1-5-6-15-13(11-18-10-12(2)3)9-14-16-7-8-17(14)4/h7-8,12-13,15H,5-6,9-11H2,1-4H3. The second-order valence-corrected chi connectivity index (χ2v) is 6.32. The number of aryl methyl sites for hydroxylation is 1. The molecule has 0 saturated heterocycles. The topological polar surface area (TPSA) is 29.9 Å². The summed E-state index contributed by atoms with van der Waals surface area (Å²) in [6, 6.07) is 0.537. The van der Waals surface area contributed by atoms with Gasteiger partial charge in [-0.1, -0.05) is 20.8 Å². The molecule has 1 rings (SSSR count). The Morgan fingerprint density at radius 3 is 2.72 bits per heavy atom. The molecule has 4 heteroatoms. The van der Waals surface area contributed by atoms with Crippen molar-refractivity contribution in [1.29, 1.82) is 0 Å². The summed E-state index contributed by atoms with van der Waals surface area (Å²) in [6.07, 6.45) is 6.11. The van der Waals surface area contributed by atoms with E-state index in [4.69, 9.17) is 0 Å². The molecule has 0 fully saturated rings. The third-order valence-corrected chi connectivity index (χ3v) is 4.34. The molecule has 0 bridgehead atoms. The van der Waals surface area contributed by atoms with E-state index in [1.54, 1.807) is 0 Å². The summed E-state index contributed by atoms with van der Waals surface area (Å²) in [5.74, 6) is 4.36. The maximum Gasteiger partial charge on any atom is 0.109 e. The fraction of sp³-hybridized carbons (Fsp3) is 0.786. The van der Waals surface area contributed by atoms with Crippen LogP contribution in [0.4, 0.5) is 0 Å². The Balaban J connectivity index is 2.42. The second kappa shape index (κ2) is 8.59. The monoisotopic (exact) mass is 269 g/mol. The van der Waals surface area contributed by atoms with Crippen LogP contribution in [-0.2, 0) is 13.5 Å². The Hall–Kier alpha value is -0.480. The molecule has 1 aromatic rings. The van der Waals surface area contributed by atoms with Gasteiger partial charge in [-0.3, -0.25) is 0 Å². The van der Waals surface area contributed by atoms with Crippen molar-refractivity contribution >= 4 is 11.8 Å². The Kier molecular flexibility index (Phi) is 7.44. The minimum Gasteiger partial charge on any atom is -0.338 e. The molecule has 18 heavy (non-hydrogen) atoms. The number of imidazole rings is 1. The lowest BCUT2D eigenvalue weighted by Crippen LogP contribution is -2.35. The van der Waals surface area contributed by atoms with Gasteiger partial charge in [-0.15, -0.1) is 0 Å². The molecule has 0 aliphatic carbocycles. The van der Waals surface area contributed by atoms with Crippen LogP contribution in [-0.4, -0.2) is 33.6 Å². The first-order valence-corrected chi connectivity index (χ1v) is 8.06. The number of nitrogens with one attached hydrogen (secondary N) is 1. The number of hydrogen-bond donors (Lipinski definition) is 1. The molecule has 0 aliphatic heterocycles. The summed E-state index contributed by atoms with van der Waals surface area (Å²) in [4.78, 5) is 4.42. The zero-order chi connectivity index (χ0) is 13.4. The van der Waals surface area contributed by atoms with Crippen LogP contribution in [0.25, 0.3) is 0 Å². The van der Waals surface area contributed by atoms with Gasteiger partial charge in [0.05, 0.1) is 0 Å². The minimum atomic E-state index is 0.537. The minimum absolute atomic E-state index is 0.537. The molecule has 104 valence electrons. The van der Waals surface area contributed by atoms with Gasteiger partial charge >= 0.3 is 0 Å². The summed E-state index contributed by atoms with van der Waals surface area (Å²) < 4.78 is 2.12. The number of rotatable bonds is 9. The molecule has 1 atom stereocenters. The van der Waals surface area contributed by atoms with Gasteiger partial charge in [-0.25, -0.2) is 4.98 Å². The maximum atomic E-state index is 4.42. The molecule has 1 N–H and O–H groups in total. The van der Waals surface area contributed by atoms with Gasteiger partial charge in [-0.05, 0) is 24.6 Å². The van der Waals surface area contributed by atoms with E-state index in [2.05, 4.69) is 42.7 Å². The van der Waals surface area contributed by atoms with E-state index in [1.165, 1.54) is 23.8 Å². The third-order valence-electron chi connectivity index (χ3n) is 2.80. The fourth-order valence-corrected chi connectivity index (χ4v) is 2.93. The molecule has 0 spiro atoms. The van der Waals surface area contributed by atoms with Gasteiger partial charge in [0.1, 0.15) is 5.82 Å². The average molecular weight is 269 g/mol. The van der Waals surface area contributed by atoms with Crippen molar-refractivity contribution in [2.24, 2.45) is 13.0 Å². The van der Waals surface area contributed by atoms with E-state index < -0.39 is 0 Å². The van der Waals surface area contributed by atoms with Crippen LogP contribution >= 0.6 is 11.8 Å². The van der Waals surface area contributed by atoms with E-state index >= 15 is 0 Å². The molecule has 1 heterocycles. The molecule has 1 aromatic heterocycles. The highest BCUT2D eigenvalue weighted by Gasteiger charge is 2.12. The summed E-state index contributed by atoms with van der Waals surface area (Å²) in [5, 5.41) is 3.63. The molecular weight excluding hydrogens is 242 g/mol. The predicted octanol–water partition coefficient (Wildman–Crippen LogP) is 2.72. The van der Waals surface area contributed by atoms with E-state index in [0.29, 0.717) is 6.04 Å². The molecule has 0 radical (unpaired) electrons. The Morgan fingerprint density at radius 2 is 2.17 bits per heavy atom. The Bertz CT molecular complexity index is 323. The lowest BCUT2D eigenvalue weighted by Gasteiger charge is -2.18. The van der Waals surface area contributed by atoms with E-state index in [0.717, 1.165) is 18.9 Å². The Morgan fingerprint density at radius 1 is 1.39 bits per heavy atom. The molecule has 0 aliphatic rings. The highest BCUT2D eigenvalue weighted by atomic mass is 32.2.